The van der Waals surface area contributed by atoms with Crippen LogP contribution in [0.25, 0.3) is 22.0 Å². The summed E-state index contributed by atoms with van der Waals surface area (Å²) < 4.78 is 0. The second-order valence-corrected chi connectivity index (χ2v) is 5.66. The molecule has 0 saturated carbocycles. The van der Waals surface area contributed by atoms with Crippen molar-refractivity contribution in [3.8, 4) is 11.1 Å². The number of aromatic nitrogens is 2. The van der Waals surface area contributed by atoms with Gasteiger partial charge in [0.05, 0.1) is 15.6 Å². The number of benzene rings is 1. The highest BCUT2D eigenvalue weighted by molar-refractivity contribution is 6.43. The molecule has 0 N–H and O–H groups in total. The summed E-state index contributed by atoms with van der Waals surface area (Å²) in [4.78, 5) is 8.35. The zero-order chi connectivity index (χ0) is 14.3. The predicted molar refractivity (Wildman–Crippen MR) is 85.0 cm³/mol. The third-order valence-corrected chi connectivity index (χ3v) is 4.16. The largest absolute Gasteiger partial charge is 0.255 e. The second kappa shape index (κ2) is 5.38. The van der Waals surface area contributed by atoms with Crippen molar-refractivity contribution in [2.75, 3.05) is 0 Å². The molecule has 0 aliphatic carbocycles. The Bertz CT molecular complexity index is 818. The van der Waals surface area contributed by atoms with E-state index in [1.807, 2.05) is 18.2 Å². The third-order valence-electron chi connectivity index (χ3n) is 2.86. The SMILES string of the molecule is Clc1cc2ncc(-c3cccc(Cl)c3Cl)cc2c(Cl)n1. The van der Waals surface area contributed by atoms with E-state index in [9.17, 15) is 0 Å². The van der Waals surface area contributed by atoms with Gasteiger partial charge in [0, 0.05) is 28.8 Å². The molecule has 0 saturated heterocycles. The van der Waals surface area contributed by atoms with E-state index in [1.54, 1.807) is 18.3 Å². The van der Waals surface area contributed by atoms with Crippen LogP contribution in [0.5, 0.6) is 0 Å². The predicted octanol–water partition coefficient (Wildman–Crippen LogP) is 5.91. The van der Waals surface area contributed by atoms with Crippen LogP contribution in [0, 0.1) is 0 Å². The van der Waals surface area contributed by atoms with Crippen LogP contribution < -0.4 is 0 Å². The van der Waals surface area contributed by atoms with Crippen molar-refractivity contribution in [2.45, 2.75) is 0 Å². The fourth-order valence-electron chi connectivity index (χ4n) is 1.93. The van der Waals surface area contributed by atoms with Gasteiger partial charge in [-0.1, -0.05) is 58.5 Å². The highest BCUT2D eigenvalue weighted by Crippen LogP contribution is 2.35. The van der Waals surface area contributed by atoms with E-state index in [4.69, 9.17) is 46.4 Å². The molecular weight excluding hydrogens is 338 g/mol. The number of pyridine rings is 2. The molecule has 0 spiro atoms. The lowest BCUT2D eigenvalue weighted by molar-refractivity contribution is 1.32. The number of nitrogens with zero attached hydrogens (tertiary/aromatic N) is 2. The number of halogens is 4. The van der Waals surface area contributed by atoms with Crippen LogP contribution >= 0.6 is 46.4 Å². The molecule has 0 atom stereocenters. The van der Waals surface area contributed by atoms with Crippen LogP contribution in [0.1, 0.15) is 0 Å². The molecule has 0 amide bonds. The smallest absolute Gasteiger partial charge is 0.140 e. The topological polar surface area (TPSA) is 25.8 Å². The van der Waals surface area contributed by atoms with Gasteiger partial charge in [0.1, 0.15) is 10.3 Å². The molecule has 2 nitrogen and oxygen atoms in total. The molecule has 0 bridgehead atoms. The molecule has 0 aliphatic heterocycles. The van der Waals surface area contributed by atoms with E-state index < -0.39 is 0 Å². The Morgan fingerprint density at radius 1 is 0.950 bits per heavy atom. The van der Waals surface area contributed by atoms with Crippen LogP contribution in [0.15, 0.2) is 36.5 Å². The first-order chi connectivity index (χ1) is 9.56. The molecule has 100 valence electrons. The summed E-state index contributed by atoms with van der Waals surface area (Å²) in [5.74, 6) is 0. The molecule has 2 heterocycles. The highest BCUT2D eigenvalue weighted by Gasteiger charge is 2.10. The van der Waals surface area contributed by atoms with E-state index in [2.05, 4.69) is 9.97 Å². The molecule has 0 unspecified atom stereocenters. The fraction of sp³-hybridized carbons (Fsp3) is 0. The maximum Gasteiger partial charge on any atom is 0.140 e. The summed E-state index contributed by atoms with van der Waals surface area (Å²) in [6, 6.07) is 8.96. The number of rotatable bonds is 1. The number of fused-ring (bicyclic) bond motifs is 1. The quantitative estimate of drug-likeness (QED) is 0.513. The van der Waals surface area contributed by atoms with Crippen molar-refractivity contribution in [3.05, 3.63) is 56.9 Å². The normalized spacial score (nSPS) is 11.0. The summed E-state index contributed by atoms with van der Waals surface area (Å²) >= 11 is 24.2. The standard InChI is InChI=1S/C14H6Cl4N2/c15-10-3-1-2-8(13(10)17)7-4-9-11(19-6-7)5-12(16)20-14(9)18/h1-6H. The zero-order valence-electron chi connectivity index (χ0n) is 9.87. The first kappa shape index (κ1) is 13.9. The Morgan fingerprint density at radius 2 is 1.75 bits per heavy atom. The molecule has 0 radical (unpaired) electrons. The lowest BCUT2D eigenvalue weighted by Crippen LogP contribution is -1.88. The van der Waals surface area contributed by atoms with E-state index in [1.165, 1.54) is 0 Å². The van der Waals surface area contributed by atoms with E-state index in [-0.39, 0.29) is 0 Å². The Hall–Kier alpha value is -1.06. The molecule has 1 aromatic carbocycles. The van der Waals surface area contributed by atoms with Crippen molar-refractivity contribution in [2.24, 2.45) is 0 Å². The summed E-state index contributed by atoms with van der Waals surface area (Å²) in [5, 5.41) is 2.30. The zero-order valence-corrected chi connectivity index (χ0v) is 12.9. The number of hydrogen-bond donors (Lipinski definition) is 0. The minimum atomic E-state index is 0.306. The van der Waals surface area contributed by atoms with Crippen LogP contribution in [0.3, 0.4) is 0 Å². The van der Waals surface area contributed by atoms with Crippen molar-refractivity contribution in [3.63, 3.8) is 0 Å². The molecule has 20 heavy (non-hydrogen) atoms. The Labute approximate surface area is 135 Å². The van der Waals surface area contributed by atoms with E-state index in [0.29, 0.717) is 31.3 Å². The first-order valence-electron chi connectivity index (χ1n) is 5.62. The van der Waals surface area contributed by atoms with Crippen LogP contribution in [-0.4, -0.2) is 9.97 Å². The van der Waals surface area contributed by atoms with Gasteiger partial charge in [-0.3, -0.25) is 4.98 Å². The number of hydrogen-bond acceptors (Lipinski definition) is 2. The maximum atomic E-state index is 6.21. The molecule has 6 heteroatoms. The molecule has 0 aliphatic rings. The average molecular weight is 344 g/mol. The maximum absolute atomic E-state index is 6.21. The molecule has 3 rings (SSSR count). The summed E-state index contributed by atoms with van der Waals surface area (Å²) in [6.07, 6.45) is 1.70. The van der Waals surface area contributed by atoms with Crippen LogP contribution in [0.4, 0.5) is 0 Å². The summed E-state index contributed by atoms with van der Waals surface area (Å²) in [7, 11) is 0. The van der Waals surface area contributed by atoms with Gasteiger partial charge >= 0.3 is 0 Å². The third kappa shape index (κ3) is 2.45. The first-order valence-corrected chi connectivity index (χ1v) is 7.13. The van der Waals surface area contributed by atoms with Crippen molar-refractivity contribution in [1.29, 1.82) is 0 Å². The average Bonchev–Trinajstić information content (AvgIpc) is 2.41. The lowest BCUT2D eigenvalue weighted by Gasteiger charge is -2.07. The Kier molecular flexibility index (Phi) is 3.74. The van der Waals surface area contributed by atoms with Crippen molar-refractivity contribution < 1.29 is 0 Å². The monoisotopic (exact) mass is 342 g/mol. The van der Waals surface area contributed by atoms with Gasteiger partial charge in [-0.15, -0.1) is 0 Å². The minimum Gasteiger partial charge on any atom is -0.255 e. The highest BCUT2D eigenvalue weighted by atomic mass is 35.5. The molecule has 2 aromatic heterocycles. The molecule has 3 aromatic rings. The van der Waals surface area contributed by atoms with Gasteiger partial charge in [0.25, 0.3) is 0 Å². The van der Waals surface area contributed by atoms with Gasteiger partial charge in [0.15, 0.2) is 0 Å². The van der Waals surface area contributed by atoms with Gasteiger partial charge in [0.2, 0.25) is 0 Å². The van der Waals surface area contributed by atoms with E-state index >= 15 is 0 Å². The fourth-order valence-corrected chi connectivity index (χ4v) is 2.81. The van der Waals surface area contributed by atoms with E-state index in [0.717, 1.165) is 11.1 Å². The minimum absolute atomic E-state index is 0.306. The Balaban J connectivity index is 2.26. The van der Waals surface area contributed by atoms with Crippen molar-refractivity contribution in [1.82, 2.24) is 9.97 Å². The van der Waals surface area contributed by atoms with Crippen LogP contribution in [0.2, 0.25) is 20.4 Å². The van der Waals surface area contributed by atoms with Gasteiger partial charge in [-0.05, 0) is 12.1 Å². The summed E-state index contributed by atoms with van der Waals surface area (Å²) in [5.41, 5.74) is 2.28. The van der Waals surface area contributed by atoms with Crippen LogP contribution in [-0.2, 0) is 0 Å². The lowest BCUT2D eigenvalue weighted by atomic mass is 10.1. The van der Waals surface area contributed by atoms with Gasteiger partial charge in [-0.2, -0.15) is 0 Å². The Morgan fingerprint density at radius 3 is 2.55 bits per heavy atom. The van der Waals surface area contributed by atoms with Crippen molar-refractivity contribution >= 4 is 57.3 Å². The van der Waals surface area contributed by atoms with Gasteiger partial charge < -0.3 is 0 Å². The molecular formula is C14H6Cl4N2. The summed E-state index contributed by atoms with van der Waals surface area (Å²) in [6.45, 7) is 0. The van der Waals surface area contributed by atoms with Gasteiger partial charge in [-0.25, -0.2) is 4.98 Å². The second-order valence-electron chi connectivity index (χ2n) is 4.13. The molecule has 0 fully saturated rings.